The Morgan fingerprint density at radius 1 is 1.56 bits per heavy atom. The lowest BCUT2D eigenvalue weighted by Crippen LogP contribution is -2.27. The summed E-state index contributed by atoms with van der Waals surface area (Å²) in [5, 5.41) is 5.18. The van der Waals surface area contributed by atoms with Crippen molar-refractivity contribution in [1.29, 1.82) is 0 Å². The van der Waals surface area contributed by atoms with Crippen LogP contribution in [-0.2, 0) is 4.84 Å². The van der Waals surface area contributed by atoms with Crippen LogP contribution in [0.25, 0.3) is 0 Å². The van der Waals surface area contributed by atoms with Crippen molar-refractivity contribution < 1.29 is 14.0 Å². The quantitative estimate of drug-likeness (QED) is 0.762. The van der Waals surface area contributed by atoms with Crippen molar-refractivity contribution in [2.75, 3.05) is 14.2 Å². The maximum absolute atomic E-state index is 13.8. The van der Waals surface area contributed by atoms with Crippen molar-refractivity contribution >= 4 is 5.91 Å². The van der Waals surface area contributed by atoms with Crippen molar-refractivity contribution in [2.45, 2.75) is 31.5 Å². The molecule has 2 aliphatic rings. The molecule has 0 unspecified atom stereocenters. The van der Waals surface area contributed by atoms with Gasteiger partial charge in [-0.1, -0.05) is 0 Å². The molecule has 0 bridgehead atoms. The van der Waals surface area contributed by atoms with Gasteiger partial charge in [-0.25, -0.2) is 19.1 Å². The SMILES string of the molecule is CON(C)C(=O)c1nc2n(n1)[C@H](C1CC1)C[C@@H]2F. The minimum absolute atomic E-state index is 0.00218. The number of hydroxylamine groups is 2. The molecule has 6 nitrogen and oxygen atoms in total. The van der Waals surface area contributed by atoms with Crippen LogP contribution >= 0.6 is 0 Å². The zero-order valence-corrected chi connectivity index (χ0v) is 10.3. The standard InChI is InChI=1S/C11H15FN4O2/c1-15(18-2)11(17)9-13-10-7(12)5-8(6-3-4-6)16(10)14-9/h6-8H,3-5H2,1-2H3/t7-,8-/m0/s1. The van der Waals surface area contributed by atoms with Gasteiger partial charge in [0.15, 0.2) is 12.0 Å². The first-order chi connectivity index (χ1) is 8.61. The van der Waals surface area contributed by atoms with E-state index in [1.807, 2.05) is 0 Å². The average Bonchev–Trinajstić information content (AvgIpc) is 3.03. The lowest BCUT2D eigenvalue weighted by molar-refractivity contribution is -0.0764. The number of hydrogen-bond donors (Lipinski definition) is 0. The van der Waals surface area contributed by atoms with Gasteiger partial charge in [0.25, 0.3) is 0 Å². The van der Waals surface area contributed by atoms with E-state index in [1.165, 1.54) is 14.2 Å². The molecule has 2 atom stereocenters. The number of halogens is 1. The second-order valence-corrected chi connectivity index (χ2v) is 4.83. The van der Waals surface area contributed by atoms with Crippen LogP contribution in [0.4, 0.5) is 4.39 Å². The Morgan fingerprint density at radius 2 is 2.28 bits per heavy atom. The van der Waals surface area contributed by atoms with Crippen molar-refractivity contribution in [3.05, 3.63) is 11.6 Å². The normalized spacial score (nSPS) is 26.2. The average molecular weight is 254 g/mol. The topological polar surface area (TPSA) is 60.2 Å². The van der Waals surface area contributed by atoms with Gasteiger partial charge in [-0.3, -0.25) is 9.63 Å². The molecule has 2 heterocycles. The van der Waals surface area contributed by atoms with Gasteiger partial charge in [-0.15, -0.1) is 5.10 Å². The Bertz CT molecular complexity index is 485. The molecule has 1 saturated carbocycles. The number of carbonyl (C=O) groups is 1. The second-order valence-electron chi connectivity index (χ2n) is 4.83. The second kappa shape index (κ2) is 4.01. The summed E-state index contributed by atoms with van der Waals surface area (Å²) in [7, 11) is 2.85. The number of fused-ring (bicyclic) bond motifs is 1. The van der Waals surface area contributed by atoms with Gasteiger partial charge in [0, 0.05) is 13.5 Å². The third-order valence-electron chi connectivity index (χ3n) is 3.62. The van der Waals surface area contributed by atoms with E-state index in [0.29, 0.717) is 12.3 Å². The highest BCUT2D eigenvalue weighted by atomic mass is 19.1. The Morgan fingerprint density at radius 3 is 2.89 bits per heavy atom. The lowest BCUT2D eigenvalue weighted by Gasteiger charge is -2.11. The highest BCUT2D eigenvalue weighted by molar-refractivity contribution is 5.89. The molecule has 1 fully saturated rings. The highest BCUT2D eigenvalue weighted by Gasteiger charge is 2.43. The fourth-order valence-corrected chi connectivity index (χ4v) is 2.40. The third-order valence-corrected chi connectivity index (χ3v) is 3.62. The van der Waals surface area contributed by atoms with E-state index in [9.17, 15) is 9.18 Å². The summed E-state index contributed by atoms with van der Waals surface area (Å²) in [5.41, 5.74) is 0. The number of amides is 1. The Kier molecular flexibility index (Phi) is 2.58. The van der Waals surface area contributed by atoms with Crippen LogP contribution in [0.1, 0.15) is 47.9 Å². The summed E-state index contributed by atoms with van der Waals surface area (Å²) in [5.74, 6) is 0.317. The fourth-order valence-electron chi connectivity index (χ4n) is 2.40. The Labute approximate surface area is 104 Å². The molecule has 0 spiro atoms. The molecule has 0 N–H and O–H groups in total. The van der Waals surface area contributed by atoms with Gasteiger partial charge < -0.3 is 0 Å². The third kappa shape index (κ3) is 1.69. The maximum atomic E-state index is 13.8. The van der Waals surface area contributed by atoms with Crippen LogP contribution in [0.15, 0.2) is 0 Å². The summed E-state index contributed by atoms with van der Waals surface area (Å²) in [4.78, 5) is 20.6. The molecule has 3 rings (SSSR count). The van der Waals surface area contributed by atoms with Gasteiger partial charge in [-0.05, 0) is 18.8 Å². The molecule has 18 heavy (non-hydrogen) atoms. The largest absolute Gasteiger partial charge is 0.316 e. The van der Waals surface area contributed by atoms with Gasteiger partial charge in [-0.2, -0.15) is 0 Å². The minimum Gasteiger partial charge on any atom is -0.274 e. The molecule has 1 aliphatic carbocycles. The van der Waals surface area contributed by atoms with Crippen molar-refractivity contribution in [3.8, 4) is 0 Å². The maximum Gasteiger partial charge on any atom is 0.316 e. The summed E-state index contributed by atoms with van der Waals surface area (Å²) in [6.45, 7) is 0. The van der Waals surface area contributed by atoms with E-state index in [4.69, 9.17) is 4.84 Å². The molecular formula is C11H15FN4O2. The number of nitrogens with zero attached hydrogens (tertiary/aromatic N) is 4. The van der Waals surface area contributed by atoms with E-state index in [2.05, 4.69) is 10.1 Å². The molecule has 1 aromatic rings. The highest BCUT2D eigenvalue weighted by Crippen LogP contribution is 2.48. The molecular weight excluding hydrogens is 239 g/mol. The van der Waals surface area contributed by atoms with Gasteiger partial charge >= 0.3 is 5.91 Å². The first-order valence-corrected chi connectivity index (χ1v) is 6.04. The van der Waals surface area contributed by atoms with E-state index >= 15 is 0 Å². The van der Waals surface area contributed by atoms with Crippen molar-refractivity contribution in [2.24, 2.45) is 5.92 Å². The van der Waals surface area contributed by atoms with Gasteiger partial charge in [0.1, 0.15) is 0 Å². The van der Waals surface area contributed by atoms with E-state index in [0.717, 1.165) is 17.9 Å². The Hall–Kier alpha value is -1.50. The summed E-state index contributed by atoms with van der Waals surface area (Å²) < 4.78 is 15.4. The van der Waals surface area contributed by atoms with Gasteiger partial charge in [0.2, 0.25) is 5.82 Å². The lowest BCUT2D eigenvalue weighted by atomic mass is 10.1. The predicted octanol–water partition coefficient (Wildman–Crippen LogP) is 1.28. The van der Waals surface area contributed by atoms with Crippen LogP contribution in [-0.4, -0.2) is 39.9 Å². The number of alkyl halides is 1. The number of carbonyl (C=O) groups excluding carboxylic acids is 1. The Balaban J connectivity index is 1.90. The molecule has 1 aliphatic heterocycles. The number of hydrogen-bond acceptors (Lipinski definition) is 4. The predicted molar refractivity (Wildman–Crippen MR) is 59.4 cm³/mol. The van der Waals surface area contributed by atoms with Crippen molar-refractivity contribution in [3.63, 3.8) is 0 Å². The van der Waals surface area contributed by atoms with Crippen LogP contribution < -0.4 is 0 Å². The van der Waals surface area contributed by atoms with Crippen LogP contribution in [0.2, 0.25) is 0 Å². The van der Waals surface area contributed by atoms with E-state index in [1.54, 1.807) is 4.68 Å². The van der Waals surface area contributed by atoms with Crippen LogP contribution in [0.5, 0.6) is 0 Å². The molecule has 0 saturated heterocycles. The van der Waals surface area contributed by atoms with Gasteiger partial charge in [0.05, 0.1) is 13.2 Å². The number of aromatic nitrogens is 3. The molecule has 0 radical (unpaired) electrons. The summed E-state index contributed by atoms with van der Waals surface area (Å²) in [6, 6.07) is 0.0666. The monoisotopic (exact) mass is 254 g/mol. The van der Waals surface area contributed by atoms with Crippen LogP contribution in [0.3, 0.4) is 0 Å². The molecule has 1 aromatic heterocycles. The first-order valence-electron chi connectivity index (χ1n) is 6.04. The zero-order chi connectivity index (χ0) is 12.9. The molecule has 0 aromatic carbocycles. The summed E-state index contributed by atoms with van der Waals surface area (Å²) in [6.07, 6.45) is 1.54. The minimum atomic E-state index is -1.11. The number of rotatable bonds is 3. The van der Waals surface area contributed by atoms with Crippen LogP contribution in [0, 0.1) is 5.92 Å². The molecule has 7 heteroatoms. The van der Waals surface area contributed by atoms with E-state index < -0.39 is 12.1 Å². The smallest absolute Gasteiger partial charge is 0.274 e. The summed E-state index contributed by atoms with van der Waals surface area (Å²) >= 11 is 0. The van der Waals surface area contributed by atoms with E-state index in [-0.39, 0.29) is 17.7 Å². The molecule has 98 valence electrons. The van der Waals surface area contributed by atoms with Crippen molar-refractivity contribution in [1.82, 2.24) is 19.8 Å². The molecule has 1 amide bonds. The fraction of sp³-hybridized carbons (Fsp3) is 0.727. The zero-order valence-electron chi connectivity index (χ0n) is 10.3. The first kappa shape index (κ1) is 11.6.